The molecule has 4 nitrogen and oxygen atoms in total. The summed E-state index contributed by atoms with van der Waals surface area (Å²) in [5.74, 6) is 0.294. The fraction of sp³-hybridized carbons (Fsp3) is 0.562. The highest BCUT2D eigenvalue weighted by Gasteiger charge is 2.16. The van der Waals surface area contributed by atoms with E-state index in [0.29, 0.717) is 12.3 Å². The predicted molar refractivity (Wildman–Crippen MR) is 79.6 cm³/mol. The summed E-state index contributed by atoms with van der Waals surface area (Å²) < 4.78 is 0. The fourth-order valence-corrected chi connectivity index (χ4v) is 3.01. The normalized spacial score (nSPS) is 18.7. The Morgan fingerprint density at radius 1 is 1.10 bits per heavy atom. The maximum absolute atomic E-state index is 12.1. The van der Waals surface area contributed by atoms with Crippen LogP contribution in [0.4, 0.5) is 0 Å². The molecule has 1 saturated heterocycles. The Morgan fingerprint density at radius 3 is 2.80 bits per heavy atom. The Morgan fingerprint density at radius 2 is 1.95 bits per heavy atom. The van der Waals surface area contributed by atoms with E-state index in [1.54, 1.807) is 0 Å². The Hall–Kier alpha value is -1.39. The third kappa shape index (κ3) is 3.19. The molecule has 108 valence electrons. The van der Waals surface area contributed by atoms with Crippen molar-refractivity contribution in [3.05, 3.63) is 34.9 Å². The van der Waals surface area contributed by atoms with E-state index in [4.69, 9.17) is 0 Å². The first kappa shape index (κ1) is 13.6. The highest BCUT2D eigenvalue weighted by Crippen LogP contribution is 2.17. The van der Waals surface area contributed by atoms with Gasteiger partial charge in [-0.3, -0.25) is 4.79 Å². The van der Waals surface area contributed by atoms with Crippen LogP contribution >= 0.6 is 0 Å². The lowest BCUT2D eigenvalue weighted by molar-refractivity contribution is -0.131. The average molecular weight is 273 g/mol. The quantitative estimate of drug-likeness (QED) is 0.852. The number of aryl methyl sites for hydroxylation is 1. The average Bonchev–Trinajstić information content (AvgIpc) is 2.53. The third-order valence-corrected chi connectivity index (χ3v) is 4.25. The second kappa shape index (κ2) is 6.37. The second-order valence-electron chi connectivity index (χ2n) is 5.66. The highest BCUT2D eigenvalue weighted by atomic mass is 16.2. The summed E-state index contributed by atoms with van der Waals surface area (Å²) in [6.45, 7) is 5.61. The lowest BCUT2D eigenvalue weighted by Gasteiger charge is -2.27. The SMILES string of the molecule is O=C(CCc1ccc2c(c1)CNCC2)N1CCNCC1. The number of amides is 1. The molecule has 2 heterocycles. The minimum Gasteiger partial charge on any atom is -0.340 e. The fourth-order valence-electron chi connectivity index (χ4n) is 3.01. The molecule has 4 heteroatoms. The van der Waals surface area contributed by atoms with Crippen LogP contribution in [0, 0.1) is 0 Å². The number of nitrogens with one attached hydrogen (secondary N) is 2. The van der Waals surface area contributed by atoms with E-state index in [-0.39, 0.29) is 0 Å². The molecule has 0 radical (unpaired) electrons. The molecular weight excluding hydrogens is 250 g/mol. The number of hydrogen-bond donors (Lipinski definition) is 2. The van der Waals surface area contributed by atoms with Crippen LogP contribution in [0.3, 0.4) is 0 Å². The van der Waals surface area contributed by atoms with Crippen molar-refractivity contribution in [1.82, 2.24) is 15.5 Å². The minimum atomic E-state index is 0.294. The van der Waals surface area contributed by atoms with Crippen LogP contribution in [-0.2, 0) is 24.2 Å². The Labute approximate surface area is 120 Å². The van der Waals surface area contributed by atoms with E-state index in [1.165, 1.54) is 16.7 Å². The zero-order valence-corrected chi connectivity index (χ0v) is 12.0. The Balaban J connectivity index is 1.56. The number of carbonyl (C=O) groups is 1. The lowest BCUT2D eigenvalue weighted by Crippen LogP contribution is -2.46. The van der Waals surface area contributed by atoms with Crippen LogP contribution in [0.5, 0.6) is 0 Å². The summed E-state index contributed by atoms with van der Waals surface area (Å²) in [4.78, 5) is 14.1. The molecule has 1 amide bonds. The minimum absolute atomic E-state index is 0.294. The van der Waals surface area contributed by atoms with Gasteiger partial charge < -0.3 is 15.5 Å². The number of hydrogen-bond acceptors (Lipinski definition) is 3. The van der Waals surface area contributed by atoms with Crippen molar-refractivity contribution >= 4 is 5.91 Å². The first-order valence-electron chi connectivity index (χ1n) is 7.63. The summed E-state index contributed by atoms with van der Waals surface area (Å²) in [5.41, 5.74) is 4.15. The molecule has 2 aliphatic heterocycles. The smallest absolute Gasteiger partial charge is 0.222 e. The molecule has 0 unspecified atom stereocenters. The van der Waals surface area contributed by atoms with Crippen molar-refractivity contribution in [2.24, 2.45) is 0 Å². The predicted octanol–water partition coefficient (Wildman–Crippen LogP) is 0.697. The van der Waals surface area contributed by atoms with Gasteiger partial charge in [-0.2, -0.15) is 0 Å². The molecule has 0 aliphatic carbocycles. The molecule has 3 rings (SSSR count). The molecule has 20 heavy (non-hydrogen) atoms. The Bertz CT molecular complexity index is 481. The van der Waals surface area contributed by atoms with Crippen LogP contribution in [0.2, 0.25) is 0 Å². The van der Waals surface area contributed by atoms with Crippen LogP contribution in [0.1, 0.15) is 23.1 Å². The maximum atomic E-state index is 12.1. The molecule has 2 N–H and O–H groups in total. The molecule has 1 aromatic rings. The van der Waals surface area contributed by atoms with Gasteiger partial charge in [-0.1, -0.05) is 18.2 Å². The largest absolute Gasteiger partial charge is 0.340 e. The first-order valence-corrected chi connectivity index (χ1v) is 7.63. The Kier molecular flexibility index (Phi) is 4.33. The van der Waals surface area contributed by atoms with Crippen molar-refractivity contribution in [1.29, 1.82) is 0 Å². The van der Waals surface area contributed by atoms with Gasteiger partial charge >= 0.3 is 0 Å². The van der Waals surface area contributed by atoms with Gasteiger partial charge in [0.05, 0.1) is 0 Å². The van der Waals surface area contributed by atoms with Gasteiger partial charge in [-0.15, -0.1) is 0 Å². The van der Waals surface area contributed by atoms with E-state index >= 15 is 0 Å². The summed E-state index contributed by atoms with van der Waals surface area (Å²) in [7, 11) is 0. The van der Waals surface area contributed by atoms with Gasteiger partial charge in [-0.25, -0.2) is 0 Å². The van der Waals surface area contributed by atoms with Crippen LogP contribution in [0.25, 0.3) is 0 Å². The van der Waals surface area contributed by atoms with Gasteiger partial charge in [0.1, 0.15) is 0 Å². The zero-order chi connectivity index (χ0) is 13.8. The molecule has 0 aromatic heterocycles. The molecule has 2 aliphatic rings. The van der Waals surface area contributed by atoms with E-state index < -0.39 is 0 Å². The van der Waals surface area contributed by atoms with E-state index in [9.17, 15) is 4.79 Å². The molecular formula is C16H23N3O. The topological polar surface area (TPSA) is 44.4 Å². The van der Waals surface area contributed by atoms with Gasteiger partial charge in [0.25, 0.3) is 0 Å². The second-order valence-corrected chi connectivity index (χ2v) is 5.66. The molecule has 0 saturated carbocycles. The highest BCUT2D eigenvalue weighted by molar-refractivity contribution is 5.76. The van der Waals surface area contributed by atoms with Crippen molar-refractivity contribution in [3.8, 4) is 0 Å². The van der Waals surface area contributed by atoms with Crippen LogP contribution in [0.15, 0.2) is 18.2 Å². The zero-order valence-electron chi connectivity index (χ0n) is 12.0. The van der Waals surface area contributed by atoms with Gasteiger partial charge in [0, 0.05) is 39.1 Å². The monoisotopic (exact) mass is 273 g/mol. The van der Waals surface area contributed by atoms with Crippen molar-refractivity contribution in [2.45, 2.75) is 25.8 Å². The van der Waals surface area contributed by atoms with Crippen molar-refractivity contribution in [2.75, 3.05) is 32.7 Å². The van der Waals surface area contributed by atoms with E-state index in [2.05, 4.69) is 28.8 Å². The number of nitrogens with zero attached hydrogens (tertiary/aromatic N) is 1. The van der Waals surface area contributed by atoms with Gasteiger partial charge in [0.15, 0.2) is 0 Å². The van der Waals surface area contributed by atoms with Gasteiger partial charge in [0.2, 0.25) is 5.91 Å². The summed E-state index contributed by atoms with van der Waals surface area (Å²) in [6.07, 6.45) is 2.61. The number of rotatable bonds is 3. The standard InChI is InChI=1S/C16H23N3O/c20-16(19-9-7-17-8-10-19)4-2-13-1-3-14-5-6-18-12-15(14)11-13/h1,3,11,17-18H,2,4-10,12H2. The number of fused-ring (bicyclic) bond motifs is 1. The molecule has 0 spiro atoms. The number of piperazine rings is 1. The van der Waals surface area contributed by atoms with Crippen molar-refractivity contribution < 1.29 is 4.79 Å². The number of carbonyl (C=O) groups excluding carboxylic acids is 1. The van der Waals surface area contributed by atoms with Crippen LogP contribution in [-0.4, -0.2) is 43.5 Å². The molecule has 1 aromatic carbocycles. The summed E-state index contributed by atoms with van der Waals surface area (Å²) in [5, 5.41) is 6.68. The third-order valence-electron chi connectivity index (χ3n) is 4.25. The van der Waals surface area contributed by atoms with Gasteiger partial charge in [-0.05, 0) is 36.1 Å². The van der Waals surface area contributed by atoms with Crippen molar-refractivity contribution in [3.63, 3.8) is 0 Å². The summed E-state index contributed by atoms with van der Waals surface area (Å²) >= 11 is 0. The van der Waals surface area contributed by atoms with E-state index in [0.717, 1.165) is 52.1 Å². The molecule has 0 bridgehead atoms. The lowest BCUT2D eigenvalue weighted by atomic mass is 9.97. The van der Waals surface area contributed by atoms with E-state index in [1.807, 2.05) is 4.90 Å². The molecule has 0 atom stereocenters. The first-order chi connectivity index (χ1) is 9.83. The summed E-state index contributed by atoms with van der Waals surface area (Å²) in [6, 6.07) is 6.70. The van der Waals surface area contributed by atoms with Crippen LogP contribution < -0.4 is 10.6 Å². The maximum Gasteiger partial charge on any atom is 0.222 e. The number of benzene rings is 1. The molecule has 1 fully saturated rings.